The number of nitriles is 1. The van der Waals surface area contributed by atoms with Crippen molar-refractivity contribution in [1.29, 1.82) is 5.26 Å². The molecule has 3 N–H and O–H groups in total. The lowest BCUT2D eigenvalue weighted by molar-refractivity contribution is -0.136. The minimum atomic E-state index is -1.01. The van der Waals surface area contributed by atoms with E-state index in [9.17, 15) is 15.2 Å². The summed E-state index contributed by atoms with van der Waals surface area (Å²) in [5, 5.41) is 18.6. The second kappa shape index (κ2) is 7.15. The second-order valence-corrected chi connectivity index (χ2v) is 6.02. The number of carboxylic acid groups (broad SMARTS) is 1. The molecule has 2 aromatic rings. The van der Waals surface area contributed by atoms with Crippen LogP contribution in [0.4, 0.5) is 5.95 Å². The number of carbonyl (C=O) groups is 1. The van der Waals surface area contributed by atoms with E-state index in [-0.39, 0.29) is 16.5 Å². The summed E-state index contributed by atoms with van der Waals surface area (Å²) in [6.45, 7) is 0. The predicted octanol–water partition coefficient (Wildman–Crippen LogP) is 2.57. The maximum atomic E-state index is 11.6. The largest absolute Gasteiger partial charge is 0.480 e. The van der Waals surface area contributed by atoms with Crippen LogP contribution in [-0.4, -0.2) is 27.3 Å². The monoisotopic (exact) mass is 332 g/mol. The molecular weight excluding hydrogens is 320 g/mol. The van der Waals surface area contributed by atoms with E-state index in [0.29, 0.717) is 10.6 Å². The highest BCUT2D eigenvalue weighted by Gasteiger charge is 2.25. The Morgan fingerprint density at radius 1 is 1.32 bits per heavy atom. The van der Waals surface area contributed by atoms with E-state index in [2.05, 4.69) is 9.97 Å². The quantitative estimate of drug-likeness (QED) is 0.634. The Balaban J connectivity index is 2.46. The van der Waals surface area contributed by atoms with Gasteiger partial charge in [-0.25, -0.2) is 9.97 Å². The molecule has 0 saturated heterocycles. The lowest BCUT2D eigenvalue weighted by Gasteiger charge is -2.13. The number of anilines is 1. The van der Waals surface area contributed by atoms with Gasteiger partial charge in [-0.2, -0.15) is 5.26 Å². The number of nitrogen functional groups attached to an aromatic ring is 1. The zero-order chi connectivity index (χ0) is 16.1. The molecule has 1 atom stereocenters. The van der Waals surface area contributed by atoms with Crippen LogP contribution in [0.25, 0.3) is 0 Å². The SMILES string of the molecule is CSc1nc(N)nc(SC(C(=O)O)c2ccccc2)c1C#N. The summed E-state index contributed by atoms with van der Waals surface area (Å²) in [4.78, 5) is 19.6. The number of thioether (sulfide) groups is 2. The predicted molar refractivity (Wildman–Crippen MR) is 85.6 cm³/mol. The van der Waals surface area contributed by atoms with Crippen LogP contribution in [-0.2, 0) is 4.79 Å². The van der Waals surface area contributed by atoms with Crippen molar-refractivity contribution in [3.05, 3.63) is 41.5 Å². The van der Waals surface area contributed by atoms with Crippen LogP contribution in [0.2, 0.25) is 0 Å². The van der Waals surface area contributed by atoms with Gasteiger partial charge in [-0.3, -0.25) is 4.79 Å². The second-order valence-electron chi connectivity index (χ2n) is 4.13. The molecule has 0 aliphatic rings. The molecule has 1 unspecified atom stereocenters. The van der Waals surface area contributed by atoms with Gasteiger partial charge in [0.05, 0.1) is 0 Å². The van der Waals surface area contributed by atoms with Gasteiger partial charge in [-0.15, -0.1) is 11.8 Å². The topological polar surface area (TPSA) is 113 Å². The van der Waals surface area contributed by atoms with E-state index in [1.807, 2.05) is 12.1 Å². The third-order valence-corrected chi connectivity index (χ3v) is 4.63. The maximum Gasteiger partial charge on any atom is 0.321 e. The van der Waals surface area contributed by atoms with E-state index < -0.39 is 11.2 Å². The number of aromatic nitrogens is 2. The Hall–Kier alpha value is -2.24. The van der Waals surface area contributed by atoms with Crippen LogP contribution in [0.1, 0.15) is 16.4 Å². The van der Waals surface area contributed by atoms with E-state index in [1.165, 1.54) is 11.8 Å². The first-order chi connectivity index (χ1) is 10.6. The molecule has 8 heteroatoms. The average Bonchev–Trinajstić information content (AvgIpc) is 2.52. The van der Waals surface area contributed by atoms with Crippen LogP contribution in [0.5, 0.6) is 0 Å². The molecule has 1 aromatic heterocycles. The fourth-order valence-corrected chi connectivity index (χ4v) is 3.39. The fourth-order valence-electron chi connectivity index (χ4n) is 1.77. The van der Waals surface area contributed by atoms with E-state index in [0.717, 1.165) is 11.8 Å². The van der Waals surface area contributed by atoms with Gasteiger partial charge in [0.25, 0.3) is 0 Å². The Morgan fingerprint density at radius 3 is 2.50 bits per heavy atom. The molecule has 0 saturated carbocycles. The molecule has 0 radical (unpaired) electrons. The summed E-state index contributed by atoms with van der Waals surface area (Å²) in [7, 11) is 0. The molecule has 0 amide bonds. The van der Waals surface area contributed by atoms with Gasteiger partial charge in [-0.05, 0) is 11.8 Å². The number of hydrogen-bond donors (Lipinski definition) is 2. The van der Waals surface area contributed by atoms with Crippen molar-refractivity contribution in [2.24, 2.45) is 0 Å². The Kier molecular flexibility index (Phi) is 5.25. The minimum absolute atomic E-state index is 0.0167. The van der Waals surface area contributed by atoms with Crippen molar-refractivity contribution in [2.75, 3.05) is 12.0 Å². The lowest BCUT2D eigenvalue weighted by atomic mass is 10.1. The van der Waals surface area contributed by atoms with Gasteiger partial charge in [0.1, 0.15) is 26.9 Å². The number of hydrogen-bond acceptors (Lipinski definition) is 7. The zero-order valence-electron chi connectivity index (χ0n) is 11.6. The highest BCUT2D eigenvalue weighted by Crippen LogP contribution is 2.38. The number of rotatable bonds is 5. The standard InChI is InChI=1S/C14H12N4O2S2/c1-21-11-9(7-15)12(18-14(16)17-11)22-10(13(19)20)8-5-3-2-4-6-8/h2-6,10H,1H3,(H,19,20)(H2,16,17,18). The van der Waals surface area contributed by atoms with Gasteiger partial charge in [0, 0.05) is 0 Å². The van der Waals surface area contributed by atoms with Crippen LogP contribution >= 0.6 is 23.5 Å². The maximum absolute atomic E-state index is 11.6. The molecule has 1 heterocycles. The van der Waals surface area contributed by atoms with Crippen LogP contribution < -0.4 is 5.73 Å². The van der Waals surface area contributed by atoms with Gasteiger partial charge in [0.2, 0.25) is 5.95 Å². The van der Waals surface area contributed by atoms with Crippen molar-refractivity contribution in [1.82, 2.24) is 9.97 Å². The van der Waals surface area contributed by atoms with Crippen molar-refractivity contribution in [3.63, 3.8) is 0 Å². The first-order valence-corrected chi connectivity index (χ1v) is 8.23. The number of nitrogens with two attached hydrogens (primary N) is 1. The van der Waals surface area contributed by atoms with E-state index >= 15 is 0 Å². The summed E-state index contributed by atoms with van der Waals surface area (Å²) < 4.78 is 0. The highest BCUT2D eigenvalue weighted by molar-refractivity contribution is 8.00. The molecule has 6 nitrogen and oxygen atoms in total. The smallest absolute Gasteiger partial charge is 0.321 e. The Morgan fingerprint density at radius 2 is 1.95 bits per heavy atom. The molecule has 1 aromatic carbocycles. The molecule has 2 rings (SSSR count). The Labute approximate surface area is 135 Å². The van der Waals surface area contributed by atoms with Crippen molar-refractivity contribution in [2.45, 2.75) is 15.3 Å². The van der Waals surface area contributed by atoms with Gasteiger partial charge in [-0.1, -0.05) is 42.1 Å². The molecule has 0 aliphatic heterocycles. The van der Waals surface area contributed by atoms with Gasteiger partial charge < -0.3 is 10.8 Å². The Bertz CT molecular complexity index is 732. The molecule has 22 heavy (non-hydrogen) atoms. The summed E-state index contributed by atoms with van der Waals surface area (Å²) in [6.07, 6.45) is 1.77. The molecule has 0 fully saturated rings. The summed E-state index contributed by atoms with van der Waals surface area (Å²) in [5.41, 5.74) is 6.51. The van der Waals surface area contributed by atoms with Crippen molar-refractivity contribution < 1.29 is 9.90 Å². The summed E-state index contributed by atoms with van der Waals surface area (Å²) >= 11 is 2.24. The fraction of sp³-hybridized carbons (Fsp3) is 0.143. The highest BCUT2D eigenvalue weighted by atomic mass is 32.2. The molecule has 0 aliphatic carbocycles. The number of aliphatic carboxylic acids is 1. The van der Waals surface area contributed by atoms with Crippen LogP contribution in [0, 0.1) is 11.3 Å². The number of carboxylic acids is 1. The first-order valence-electron chi connectivity index (χ1n) is 6.12. The van der Waals surface area contributed by atoms with Crippen LogP contribution in [0.3, 0.4) is 0 Å². The molecular formula is C14H12N4O2S2. The van der Waals surface area contributed by atoms with Gasteiger partial charge >= 0.3 is 5.97 Å². The zero-order valence-corrected chi connectivity index (χ0v) is 13.2. The average molecular weight is 332 g/mol. The van der Waals surface area contributed by atoms with Crippen molar-refractivity contribution in [3.8, 4) is 6.07 Å². The van der Waals surface area contributed by atoms with E-state index in [4.69, 9.17) is 5.73 Å². The van der Waals surface area contributed by atoms with Gasteiger partial charge in [0.15, 0.2) is 0 Å². The third kappa shape index (κ3) is 3.50. The van der Waals surface area contributed by atoms with E-state index in [1.54, 1.807) is 30.5 Å². The summed E-state index contributed by atoms with van der Waals surface area (Å²) in [6, 6.07) is 10.8. The lowest BCUT2D eigenvalue weighted by Crippen LogP contribution is -2.10. The minimum Gasteiger partial charge on any atom is -0.480 e. The summed E-state index contributed by atoms with van der Waals surface area (Å²) in [5.74, 6) is -0.994. The third-order valence-electron chi connectivity index (χ3n) is 2.72. The number of nitrogens with zero attached hydrogens (tertiary/aromatic N) is 3. The van der Waals surface area contributed by atoms with Crippen molar-refractivity contribution >= 4 is 35.4 Å². The van der Waals surface area contributed by atoms with Crippen LogP contribution in [0.15, 0.2) is 40.4 Å². The first kappa shape index (κ1) is 16.1. The molecule has 0 spiro atoms. The molecule has 112 valence electrons. The normalized spacial score (nSPS) is 11.6. The number of benzene rings is 1. The molecule has 0 bridgehead atoms.